The third-order valence-corrected chi connectivity index (χ3v) is 5.83. The van der Waals surface area contributed by atoms with Gasteiger partial charge < -0.3 is 5.32 Å². The van der Waals surface area contributed by atoms with Crippen molar-refractivity contribution in [1.82, 2.24) is 4.72 Å². The zero-order valence-corrected chi connectivity index (χ0v) is 14.8. The lowest BCUT2D eigenvalue weighted by Crippen LogP contribution is -2.25. The summed E-state index contributed by atoms with van der Waals surface area (Å²) in [5.41, 5.74) is 0.572. The largest absolute Gasteiger partial charge is 0.322 e. The second-order valence-electron chi connectivity index (χ2n) is 5.48. The summed E-state index contributed by atoms with van der Waals surface area (Å²) >= 11 is 11.9. The van der Waals surface area contributed by atoms with Crippen LogP contribution in [0.25, 0.3) is 0 Å². The Kier molecular flexibility index (Phi) is 4.83. The molecule has 126 valence electrons. The van der Waals surface area contributed by atoms with E-state index in [1.165, 1.54) is 12.1 Å². The van der Waals surface area contributed by atoms with E-state index in [9.17, 15) is 13.2 Å². The van der Waals surface area contributed by atoms with E-state index in [1.54, 1.807) is 30.3 Å². The molecule has 1 amide bonds. The first-order chi connectivity index (χ1) is 11.4. The third-order valence-electron chi connectivity index (χ3n) is 3.50. The van der Waals surface area contributed by atoms with Gasteiger partial charge in [-0.3, -0.25) is 4.79 Å². The van der Waals surface area contributed by atoms with Crippen molar-refractivity contribution in [2.24, 2.45) is 0 Å². The van der Waals surface area contributed by atoms with Gasteiger partial charge in [0.25, 0.3) is 5.91 Å². The molecule has 0 saturated heterocycles. The van der Waals surface area contributed by atoms with Crippen LogP contribution in [-0.2, 0) is 10.0 Å². The van der Waals surface area contributed by atoms with Gasteiger partial charge in [-0.15, -0.1) is 0 Å². The summed E-state index contributed by atoms with van der Waals surface area (Å²) in [5.74, 6) is -0.466. The number of halogens is 2. The number of rotatable bonds is 5. The van der Waals surface area contributed by atoms with Gasteiger partial charge in [0.2, 0.25) is 10.0 Å². The number of carbonyl (C=O) groups excluding carboxylic acids is 1. The first-order valence-corrected chi connectivity index (χ1v) is 9.48. The van der Waals surface area contributed by atoms with Crippen LogP contribution in [0.5, 0.6) is 0 Å². The van der Waals surface area contributed by atoms with Gasteiger partial charge in [-0.2, -0.15) is 0 Å². The lowest BCUT2D eigenvalue weighted by Gasteiger charge is -2.10. The topological polar surface area (TPSA) is 75.3 Å². The van der Waals surface area contributed by atoms with Crippen molar-refractivity contribution in [2.45, 2.75) is 23.8 Å². The van der Waals surface area contributed by atoms with Crippen molar-refractivity contribution in [3.63, 3.8) is 0 Å². The molecule has 0 spiro atoms. The monoisotopic (exact) mass is 384 g/mol. The molecular formula is C16H14Cl2N2O3S. The van der Waals surface area contributed by atoms with E-state index < -0.39 is 15.9 Å². The average Bonchev–Trinajstić information content (AvgIpc) is 3.33. The Morgan fingerprint density at radius 3 is 2.50 bits per heavy atom. The molecule has 0 atom stereocenters. The van der Waals surface area contributed by atoms with Gasteiger partial charge in [0.15, 0.2) is 0 Å². The van der Waals surface area contributed by atoms with Crippen LogP contribution >= 0.6 is 23.2 Å². The highest BCUT2D eigenvalue weighted by Gasteiger charge is 2.28. The Balaban J connectivity index is 1.81. The maximum Gasteiger partial charge on any atom is 0.257 e. The van der Waals surface area contributed by atoms with Crippen LogP contribution in [0.1, 0.15) is 23.2 Å². The van der Waals surface area contributed by atoms with Crippen LogP contribution in [0.15, 0.2) is 47.4 Å². The molecule has 0 bridgehead atoms. The van der Waals surface area contributed by atoms with E-state index in [1.807, 2.05) is 0 Å². The standard InChI is InChI=1S/C16H14Cl2N2O3S/c17-14-6-2-5-13(15(14)18)16(21)19-11-3-1-4-12(9-11)24(22,23)20-10-7-8-10/h1-6,9-10,20H,7-8H2,(H,19,21). The van der Waals surface area contributed by atoms with Gasteiger partial charge in [0, 0.05) is 11.7 Å². The van der Waals surface area contributed by atoms with Gasteiger partial charge in [0.1, 0.15) is 0 Å². The van der Waals surface area contributed by atoms with Crippen molar-refractivity contribution in [3.8, 4) is 0 Å². The minimum absolute atomic E-state index is 0.0125. The second kappa shape index (κ2) is 6.72. The number of sulfonamides is 1. The minimum atomic E-state index is -3.58. The van der Waals surface area contributed by atoms with Crippen molar-refractivity contribution in [3.05, 3.63) is 58.1 Å². The van der Waals surface area contributed by atoms with Gasteiger partial charge in [-0.05, 0) is 43.2 Å². The normalized spacial score (nSPS) is 14.4. The molecule has 24 heavy (non-hydrogen) atoms. The maximum absolute atomic E-state index is 12.3. The number of nitrogens with one attached hydrogen (secondary N) is 2. The molecule has 0 radical (unpaired) electrons. The van der Waals surface area contributed by atoms with E-state index in [-0.39, 0.29) is 26.5 Å². The molecule has 2 aromatic rings. The van der Waals surface area contributed by atoms with Crippen LogP contribution in [0.4, 0.5) is 5.69 Å². The SMILES string of the molecule is O=C(Nc1cccc(S(=O)(=O)NC2CC2)c1)c1cccc(Cl)c1Cl. The van der Waals surface area contributed by atoms with Crippen LogP contribution < -0.4 is 10.0 Å². The Morgan fingerprint density at radius 1 is 1.08 bits per heavy atom. The van der Waals surface area contributed by atoms with Gasteiger partial charge in [-0.25, -0.2) is 13.1 Å². The molecule has 0 aliphatic heterocycles. The molecule has 8 heteroatoms. The quantitative estimate of drug-likeness (QED) is 0.825. The lowest BCUT2D eigenvalue weighted by atomic mass is 10.2. The fraction of sp³-hybridized carbons (Fsp3) is 0.188. The average molecular weight is 385 g/mol. The zero-order chi connectivity index (χ0) is 17.3. The van der Waals surface area contributed by atoms with Crippen LogP contribution in [0, 0.1) is 0 Å². The molecule has 0 heterocycles. The Hall–Kier alpha value is -1.60. The Labute approximate surface area is 150 Å². The van der Waals surface area contributed by atoms with Crippen molar-refractivity contribution >= 4 is 44.8 Å². The smallest absolute Gasteiger partial charge is 0.257 e. The summed E-state index contributed by atoms with van der Waals surface area (Å²) in [6, 6.07) is 10.8. The highest BCUT2D eigenvalue weighted by atomic mass is 35.5. The van der Waals surface area contributed by atoms with E-state index >= 15 is 0 Å². The number of hydrogen-bond acceptors (Lipinski definition) is 3. The van der Waals surface area contributed by atoms with Crippen LogP contribution in [0.3, 0.4) is 0 Å². The first kappa shape index (κ1) is 17.2. The van der Waals surface area contributed by atoms with Crippen LogP contribution in [-0.4, -0.2) is 20.4 Å². The minimum Gasteiger partial charge on any atom is -0.322 e. The Morgan fingerprint density at radius 2 is 1.79 bits per heavy atom. The first-order valence-electron chi connectivity index (χ1n) is 7.24. The molecule has 1 saturated carbocycles. The molecule has 1 aliphatic rings. The fourth-order valence-electron chi connectivity index (χ4n) is 2.11. The highest BCUT2D eigenvalue weighted by molar-refractivity contribution is 7.89. The number of hydrogen-bond donors (Lipinski definition) is 2. The maximum atomic E-state index is 12.3. The molecule has 2 aromatic carbocycles. The second-order valence-corrected chi connectivity index (χ2v) is 7.98. The number of anilines is 1. The van der Waals surface area contributed by atoms with Crippen molar-refractivity contribution in [2.75, 3.05) is 5.32 Å². The molecule has 1 aliphatic carbocycles. The predicted octanol–water partition coefficient (Wildman–Crippen LogP) is 3.69. The predicted molar refractivity (Wildman–Crippen MR) is 94.2 cm³/mol. The highest BCUT2D eigenvalue weighted by Crippen LogP contribution is 2.27. The molecular weight excluding hydrogens is 371 g/mol. The summed E-state index contributed by atoms with van der Waals surface area (Å²) < 4.78 is 27.1. The van der Waals surface area contributed by atoms with Crippen LogP contribution in [0.2, 0.25) is 10.0 Å². The molecule has 1 fully saturated rings. The number of carbonyl (C=O) groups is 1. The number of benzene rings is 2. The third kappa shape index (κ3) is 3.89. The fourth-order valence-corrected chi connectivity index (χ4v) is 3.84. The van der Waals surface area contributed by atoms with E-state index in [2.05, 4.69) is 10.0 Å². The molecule has 0 unspecified atom stereocenters. The lowest BCUT2D eigenvalue weighted by molar-refractivity contribution is 0.102. The molecule has 2 N–H and O–H groups in total. The van der Waals surface area contributed by atoms with Crippen molar-refractivity contribution < 1.29 is 13.2 Å². The van der Waals surface area contributed by atoms with E-state index in [0.29, 0.717) is 5.69 Å². The molecule has 3 rings (SSSR count). The summed E-state index contributed by atoms with van der Waals surface area (Å²) in [7, 11) is -3.58. The summed E-state index contributed by atoms with van der Waals surface area (Å²) in [6.07, 6.45) is 1.70. The van der Waals surface area contributed by atoms with E-state index in [0.717, 1.165) is 12.8 Å². The van der Waals surface area contributed by atoms with Gasteiger partial charge in [0.05, 0.1) is 20.5 Å². The van der Waals surface area contributed by atoms with E-state index in [4.69, 9.17) is 23.2 Å². The zero-order valence-electron chi connectivity index (χ0n) is 12.4. The summed E-state index contributed by atoms with van der Waals surface area (Å²) in [5, 5.41) is 3.05. The molecule has 5 nitrogen and oxygen atoms in total. The number of amides is 1. The summed E-state index contributed by atoms with van der Waals surface area (Å²) in [4.78, 5) is 12.4. The van der Waals surface area contributed by atoms with Gasteiger partial charge in [-0.1, -0.05) is 35.3 Å². The Bertz CT molecular complexity index is 896. The van der Waals surface area contributed by atoms with Crippen molar-refractivity contribution in [1.29, 1.82) is 0 Å². The molecule has 0 aromatic heterocycles. The summed E-state index contributed by atoms with van der Waals surface area (Å²) in [6.45, 7) is 0. The van der Waals surface area contributed by atoms with Gasteiger partial charge >= 0.3 is 0 Å².